The van der Waals surface area contributed by atoms with Crippen molar-refractivity contribution < 1.29 is 14.3 Å². The van der Waals surface area contributed by atoms with E-state index in [0.29, 0.717) is 12.0 Å². The van der Waals surface area contributed by atoms with Crippen LogP contribution in [0.25, 0.3) is 0 Å². The molecule has 1 aromatic carbocycles. The van der Waals surface area contributed by atoms with Crippen molar-refractivity contribution in [1.29, 1.82) is 0 Å². The van der Waals surface area contributed by atoms with Crippen LogP contribution in [0.2, 0.25) is 0 Å². The van der Waals surface area contributed by atoms with Gasteiger partial charge in [0.15, 0.2) is 0 Å². The second kappa shape index (κ2) is 5.12. The lowest BCUT2D eigenvalue weighted by molar-refractivity contribution is -0.137. The molecule has 0 saturated carbocycles. The third kappa shape index (κ3) is 3.51. The molecule has 0 aromatic heterocycles. The summed E-state index contributed by atoms with van der Waals surface area (Å²) in [7, 11) is 0. The molecule has 0 aliphatic heterocycles. The highest BCUT2D eigenvalue weighted by Gasteiger charge is 2.13. The molecule has 0 amide bonds. The SMILES string of the molecule is Cc1ccc(F)cc1C(Cl)CCC(=O)O. The number of rotatable bonds is 4. The van der Waals surface area contributed by atoms with E-state index in [-0.39, 0.29) is 12.2 Å². The van der Waals surface area contributed by atoms with Crippen molar-refractivity contribution in [2.24, 2.45) is 0 Å². The molecule has 0 heterocycles. The smallest absolute Gasteiger partial charge is 0.303 e. The fourth-order valence-electron chi connectivity index (χ4n) is 1.35. The summed E-state index contributed by atoms with van der Waals surface area (Å²) in [5.74, 6) is -1.24. The lowest BCUT2D eigenvalue weighted by atomic mass is 10.0. The Labute approximate surface area is 92.7 Å². The first kappa shape index (κ1) is 12.0. The minimum atomic E-state index is -0.894. The Morgan fingerprint density at radius 1 is 1.60 bits per heavy atom. The third-order valence-corrected chi connectivity index (χ3v) is 2.64. The molecule has 1 atom stereocenters. The Hall–Kier alpha value is -1.09. The van der Waals surface area contributed by atoms with E-state index in [9.17, 15) is 9.18 Å². The summed E-state index contributed by atoms with van der Waals surface area (Å²) >= 11 is 6.00. The minimum Gasteiger partial charge on any atom is -0.481 e. The number of carboxylic acid groups (broad SMARTS) is 1. The van der Waals surface area contributed by atoms with Crippen LogP contribution in [0.3, 0.4) is 0 Å². The third-order valence-electron chi connectivity index (χ3n) is 2.19. The first-order valence-electron chi connectivity index (χ1n) is 4.62. The van der Waals surface area contributed by atoms with Crippen molar-refractivity contribution in [2.75, 3.05) is 0 Å². The van der Waals surface area contributed by atoms with Crippen molar-refractivity contribution >= 4 is 17.6 Å². The lowest BCUT2D eigenvalue weighted by Crippen LogP contribution is -2.00. The van der Waals surface area contributed by atoms with E-state index in [0.717, 1.165) is 5.56 Å². The summed E-state index contributed by atoms with van der Waals surface area (Å²) < 4.78 is 12.9. The maximum absolute atomic E-state index is 12.9. The molecule has 0 radical (unpaired) electrons. The van der Waals surface area contributed by atoms with E-state index in [1.807, 2.05) is 6.92 Å². The lowest BCUT2D eigenvalue weighted by Gasteiger charge is -2.11. The van der Waals surface area contributed by atoms with Crippen molar-refractivity contribution in [3.8, 4) is 0 Å². The molecular formula is C11H12ClFO2. The molecule has 0 aliphatic carbocycles. The van der Waals surface area contributed by atoms with E-state index in [4.69, 9.17) is 16.7 Å². The van der Waals surface area contributed by atoms with Crippen LogP contribution < -0.4 is 0 Å². The molecule has 1 unspecified atom stereocenters. The summed E-state index contributed by atoms with van der Waals surface area (Å²) in [5, 5.41) is 8.05. The van der Waals surface area contributed by atoms with Gasteiger partial charge in [0.25, 0.3) is 0 Å². The van der Waals surface area contributed by atoms with Gasteiger partial charge in [-0.15, -0.1) is 11.6 Å². The van der Waals surface area contributed by atoms with Gasteiger partial charge in [-0.25, -0.2) is 4.39 Å². The summed E-state index contributed by atoms with van der Waals surface area (Å²) in [6.45, 7) is 1.82. The van der Waals surface area contributed by atoms with E-state index in [1.54, 1.807) is 6.07 Å². The molecule has 0 bridgehead atoms. The van der Waals surface area contributed by atoms with Crippen LogP contribution in [0.1, 0.15) is 29.3 Å². The van der Waals surface area contributed by atoms with Gasteiger partial charge >= 0.3 is 5.97 Å². The summed E-state index contributed by atoms with van der Waals surface area (Å²) in [6, 6.07) is 4.36. The Morgan fingerprint density at radius 2 is 2.27 bits per heavy atom. The molecule has 1 N–H and O–H groups in total. The highest BCUT2D eigenvalue weighted by atomic mass is 35.5. The first-order chi connectivity index (χ1) is 7.00. The van der Waals surface area contributed by atoms with Gasteiger partial charge in [0, 0.05) is 6.42 Å². The number of hydrogen-bond donors (Lipinski definition) is 1. The number of benzene rings is 1. The fourth-order valence-corrected chi connectivity index (χ4v) is 1.70. The van der Waals surface area contributed by atoms with Gasteiger partial charge in [0.05, 0.1) is 5.38 Å². The fraction of sp³-hybridized carbons (Fsp3) is 0.364. The van der Waals surface area contributed by atoms with Gasteiger partial charge in [-0.3, -0.25) is 4.79 Å². The highest BCUT2D eigenvalue weighted by Crippen LogP contribution is 2.28. The Morgan fingerprint density at radius 3 is 2.87 bits per heavy atom. The van der Waals surface area contributed by atoms with Gasteiger partial charge < -0.3 is 5.11 Å². The van der Waals surface area contributed by atoms with Crippen LogP contribution in [0, 0.1) is 12.7 Å². The molecule has 0 spiro atoms. The van der Waals surface area contributed by atoms with E-state index in [2.05, 4.69) is 0 Å². The number of halogens is 2. The van der Waals surface area contributed by atoms with Gasteiger partial charge in [-0.1, -0.05) is 6.07 Å². The number of carboxylic acids is 1. The average molecular weight is 231 g/mol. The molecule has 1 aromatic rings. The standard InChI is InChI=1S/C11H12ClFO2/c1-7-2-3-8(13)6-9(7)10(12)4-5-11(14)15/h2-3,6,10H,4-5H2,1H3,(H,14,15). The zero-order chi connectivity index (χ0) is 11.4. The minimum absolute atomic E-state index is 0.00980. The molecule has 0 fully saturated rings. The van der Waals surface area contributed by atoms with E-state index in [1.165, 1.54) is 12.1 Å². The number of aliphatic carboxylic acids is 1. The first-order valence-corrected chi connectivity index (χ1v) is 5.06. The van der Waals surface area contributed by atoms with Crippen LogP contribution in [0.15, 0.2) is 18.2 Å². The molecule has 4 heteroatoms. The zero-order valence-electron chi connectivity index (χ0n) is 8.34. The van der Waals surface area contributed by atoms with E-state index >= 15 is 0 Å². The summed E-state index contributed by atoms with van der Waals surface area (Å²) in [5.41, 5.74) is 1.54. The quantitative estimate of drug-likeness (QED) is 0.806. The topological polar surface area (TPSA) is 37.3 Å². The molecule has 2 nitrogen and oxygen atoms in total. The van der Waals surface area contributed by atoms with Gasteiger partial charge in [-0.05, 0) is 36.6 Å². The normalized spacial score (nSPS) is 12.5. The zero-order valence-corrected chi connectivity index (χ0v) is 9.09. The Balaban J connectivity index is 2.76. The molecule has 1 rings (SSSR count). The molecule has 0 saturated heterocycles. The molecular weight excluding hydrogens is 219 g/mol. The van der Waals surface area contributed by atoms with Crippen molar-refractivity contribution in [3.05, 3.63) is 35.1 Å². The molecule has 15 heavy (non-hydrogen) atoms. The van der Waals surface area contributed by atoms with E-state index < -0.39 is 11.3 Å². The van der Waals surface area contributed by atoms with Crippen molar-refractivity contribution in [2.45, 2.75) is 25.1 Å². The number of carbonyl (C=O) groups is 1. The van der Waals surface area contributed by atoms with Crippen molar-refractivity contribution in [3.63, 3.8) is 0 Å². The molecule has 82 valence electrons. The summed E-state index contributed by atoms with van der Waals surface area (Å²) in [6.07, 6.45) is 0.297. The molecule has 0 aliphatic rings. The van der Waals surface area contributed by atoms with Crippen LogP contribution in [-0.2, 0) is 4.79 Å². The monoisotopic (exact) mass is 230 g/mol. The van der Waals surface area contributed by atoms with Gasteiger partial charge in [-0.2, -0.15) is 0 Å². The Kier molecular flexibility index (Phi) is 4.09. The van der Waals surface area contributed by atoms with Crippen LogP contribution >= 0.6 is 11.6 Å². The van der Waals surface area contributed by atoms with Crippen LogP contribution in [0.4, 0.5) is 4.39 Å². The number of hydrogen-bond acceptors (Lipinski definition) is 1. The van der Waals surface area contributed by atoms with Gasteiger partial charge in [0.2, 0.25) is 0 Å². The number of aryl methyl sites for hydroxylation is 1. The van der Waals surface area contributed by atoms with Crippen LogP contribution in [-0.4, -0.2) is 11.1 Å². The van der Waals surface area contributed by atoms with Gasteiger partial charge in [0.1, 0.15) is 5.82 Å². The maximum Gasteiger partial charge on any atom is 0.303 e. The summed E-state index contributed by atoms with van der Waals surface area (Å²) in [4.78, 5) is 10.4. The predicted octanol–water partition coefficient (Wildman–Crippen LogP) is 3.28. The maximum atomic E-state index is 12.9. The largest absolute Gasteiger partial charge is 0.481 e. The van der Waals surface area contributed by atoms with Crippen LogP contribution in [0.5, 0.6) is 0 Å². The second-order valence-corrected chi connectivity index (χ2v) is 3.93. The highest BCUT2D eigenvalue weighted by molar-refractivity contribution is 6.21. The second-order valence-electron chi connectivity index (χ2n) is 3.40. The number of alkyl halides is 1. The predicted molar refractivity (Wildman–Crippen MR) is 56.6 cm³/mol. The average Bonchev–Trinajstić information content (AvgIpc) is 2.18. The Bertz CT molecular complexity index is 366. The van der Waals surface area contributed by atoms with Crippen molar-refractivity contribution in [1.82, 2.24) is 0 Å².